The molecule has 0 aromatic carbocycles. The van der Waals surface area contributed by atoms with Gasteiger partial charge in [-0.1, -0.05) is 0 Å². The van der Waals surface area contributed by atoms with E-state index in [4.69, 9.17) is 10.5 Å². The number of nitrogens with two attached hydrogens (primary N) is 1. The van der Waals surface area contributed by atoms with Gasteiger partial charge in [0.25, 0.3) is 0 Å². The lowest BCUT2D eigenvalue weighted by Gasteiger charge is -2.22. The topological polar surface area (TPSA) is 41.7 Å². The van der Waals surface area contributed by atoms with Gasteiger partial charge in [0, 0.05) is 39.8 Å². The van der Waals surface area contributed by atoms with E-state index in [1.54, 1.807) is 7.11 Å². The Hall–Kier alpha value is -0.160. The van der Waals surface area contributed by atoms with Crippen LogP contribution in [0.25, 0.3) is 0 Å². The number of hydrogen-bond acceptors (Lipinski definition) is 4. The van der Waals surface area contributed by atoms with Gasteiger partial charge in [0.15, 0.2) is 0 Å². The third kappa shape index (κ3) is 8.18. The zero-order chi connectivity index (χ0) is 10.1. The average molecular weight is 189 g/mol. The molecular formula is C9H23N3O. The van der Waals surface area contributed by atoms with Crippen LogP contribution in [0.15, 0.2) is 0 Å². The van der Waals surface area contributed by atoms with Crippen molar-refractivity contribution in [3.8, 4) is 0 Å². The normalized spacial score (nSPS) is 11.5. The molecule has 0 radical (unpaired) electrons. The largest absolute Gasteiger partial charge is 0.383 e. The molecule has 0 saturated carbocycles. The first-order valence-corrected chi connectivity index (χ1v) is 4.76. The van der Waals surface area contributed by atoms with Crippen molar-refractivity contribution in [1.29, 1.82) is 0 Å². The van der Waals surface area contributed by atoms with Gasteiger partial charge >= 0.3 is 0 Å². The summed E-state index contributed by atoms with van der Waals surface area (Å²) in [4.78, 5) is 4.50. The van der Waals surface area contributed by atoms with E-state index in [1.807, 2.05) is 0 Å². The lowest BCUT2D eigenvalue weighted by atomic mass is 10.4. The Morgan fingerprint density at radius 2 is 1.77 bits per heavy atom. The molecule has 4 nitrogen and oxygen atoms in total. The highest BCUT2D eigenvalue weighted by Crippen LogP contribution is 1.88. The fourth-order valence-electron chi connectivity index (χ4n) is 1.08. The van der Waals surface area contributed by atoms with Crippen LogP contribution >= 0.6 is 0 Å². The minimum Gasteiger partial charge on any atom is -0.383 e. The summed E-state index contributed by atoms with van der Waals surface area (Å²) in [6.07, 6.45) is 0. The Morgan fingerprint density at radius 1 is 1.08 bits per heavy atom. The van der Waals surface area contributed by atoms with E-state index in [2.05, 4.69) is 23.9 Å². The Morgan fingerprint density at radius 3 is 2.23 bits per heavy atom. The van der Waals surface area contributed by atoms with Gasteiger partial charge in [-0.15, -0.1) is 0 Å². The molecule has 2 N–H and O–H groups in total. The maximum Gasteiger partial charge on any atom is 0.0589 e. The number of likely N-dealkylation sites (N-methyl/N-ethyl adjacent to an activating group) is 1. The van der Waals surface area contributed by atoms with E-state index in [9.17, 15) is 0 Å². The van der Waals surface area contributed by atoms with E-state index < -0.39 is 0 Å². The molecule has 0 fully saturated rings. The van der Waals surface area contributed by atoms with Gasteiger partial charge in [-0.05, 0) is 14.1 Å². The smallest absolute Gasteiger partial charge is 0.0589 e. The van der Waals surface area contributed by atoms with Gasteiger partial charge < -0.3 is 15.4 Å². The summed E-state index contributed by atoms with van der Waals surface area (Å²) in [5, 5.41) is 0. The molecule has 13 heavy (non-hydrogen) atoms. The predicted octanol–water partition coefficient (Wildman–Crippen LogP) is -0.545. The van der Waals surface area contributed by atoms with Crippen LogP contribution in [0.1, 0.15) is 0 Å². The minimum atomic E-state index is 0.719. The molecule has 0 aliphatic rings. The van der Waals surface area contributed by atoms with Crippen LogP contribution in [0.5, 0.6) is 0 Å². The fourth-order valence-corrected chi connectivity index (χ4v) is 1.08. The van der Waals surface area contributed by atoms with Gasteiger partial charge in [0.05, 0.1) is 6.61 Å². The van der Waals surface area contributed by atoms with Crippen LogP contribution in [0.2, 0.25) is 0 Å². The monoisotopic (exact) mass is 189 g/mol. The second-order valence-electron chi connectivity index (χ2n) is 3.43. The Labute approximate surface area is 81.6 Å². The summed E-state index contributed by atoms with van der Waals surface area (Å²) in [6.45, 7) is 5.57. The Kier molecular flexibility index (Phi) is 8.33. The van der Waals surface area contributed by atoms with Crippen molar-refractivity contribution in [3.05, 3.63) is 0 Å². The maximum absolute atomic E-state index is 5.51. The van der Waals surface area contributed by atoms with Gasteiger partial charge in [0.2, 0.25) is 0 Å². The van der Waals surface area contributed by atoms with Gasteiger partial charge in [-0.3, -0.25) is 4.90 Å². The standard InChI is InChI=1S/C9H23N3O/c1-11(2)6-7-12(5-4-10)8-9-13-3/h4-10H2,1-3H3. The molecule has 0 unspecified atom stereocenters. The third-order valence-corrected chi connectivity index (χ3v) is 1.92. The molecule has 0 aromatic rings. The molecule has 4 heteroatoms. The number of rotatable bonds is 8. The van der Waals surface area contributed by atoms with E-state index >= 15 is 0 Å². The first-order valence-electron chi connectivity index (χ1n) is 4.76. The molecule has 80 valence electrons. The van der Waals surface area contributed by atoms with Crippen molar-refractivity contribution < 1.29 is 4.74 Å². The van der Waals surface area contributed by atoms with Crippen molar-refractivity contribution in [1.82, 2.24) is 9.80 Å². The summed E-state index contributed by atoms with van der Waals surface area (Å²) in [5.74, 6) is 0. The summed E-state index contributed by atoms with van der Waals surface area (Å²) in [5.41, 5.74) is 5.51. The SMILES string of the molecule is COCCN(CCN)CCN(C)C. The molecular weight excluding hydrogens is 166 g/mol. The van der Waals surface area contributed by atoms with Crippen LogP contribution in [0, 0.1) is 0 Å². The molecule has 0 aliphatic heterocycles. The fraction of sp³-hybridized carbons (Fsp3) is 1.00. The quantitative estimate of drug-likeness (QED) is 0.556. The van der Waals surface area contributed by atoms with Crippen molar-refractivity contribution >= 4 is 0 Å². The molecule has 0 bridgehead atoms. The Bertz CT molecular complexity index is 109. The predicted molar refractivity (Wildman–Crippen MR) is 55.9 cm³/mol. The van der Waals surface area contributed by atoms with Crippen molar-refractivity contribution in [2.24, 2.45) is 5.73 Å². The lowest BCUT2D eigenvalue weighted by Crippen LogP contribution is -2.37. The maximum atomic E-state index is 5.51. The highest BCUT2D eigenvalue weighted by Gasteiger charge is 2.03. The molecule has 0 spiro atoms. The Balaban J connectivity index is 3.53. The molecule has 0 atom stereocenters. The first-order chi connectivity index (χ1) is 6.20. The molecule has 0 saturated heterocycles. The van der Waals surface area contributed by atoms with E-state index in [1.165, 1.54) is 0 Å². The second kappa shape index (κ2) is 8.44. The number of nitrogens with zero attached hydrogens (tertiary/aromatic N) is 2. The number of ether oxygens (including phenoxy) is 1. The van der Waals surface area contributed by atoms with E-state index in [-0.39, 0.29) is 0 Å². The molecule has 0 aliphatic carbocycles. The third-order valence-electron chi connectivity index (χ3n) is 1.92. The van der Waals surface area contributed by atoms with E-state index in [0.29, 0.717) is 0 Å². The van der Waals surface area contributed by atoms with Crippen molar-refractivity contribution in [2.45, 2.75) is 0 Å². The lowest BCUT2D eigenvalue weighted by molar-refractivity contribution is 0.144. The zero-order valence-electron chi connectivity index (χ0n) is 9.12. The second-order valence-corrected chi connectivity index (χ2v) is 3.43. The summed E-state index contributed by atoms with van der Waals surface area (Å²) in [6, 6.07) is 0. The zero-order valence-corrected chi connectivity index (χ0v) is 9.12. The first kappa shape index (κ1) is 12.8. The number of methoxy groups -OCH3 is 1. The highest BCUT2D eigenvalue weighted by molar-refractivity contribution is 4.59. The van der Waals surface area contributed by atoms with Gasteiger partial charge in [-0.2, -0.15) is 0 Å². The molecule has 0 heterocycles. The summed E-state index contributed by atoms with van der Waals surface area (Å²) in [7, 11) is 5.89. The van der Waals surface area contributed by atoms with E-state index in [0.717, 1.165) is 39.3 Å². The van der Waals surface area contributed by atoms with Crippen molar-refractivity contribution in [3.63, 3.8) is 0 Å². The summed E-state index contributed by atoms with van der Waals surface area (Å²) >= 11 is 0. The van der Waals surface area contributed by atoms with Crippen LogP contribution in [-0.2, 0) is 4.74 Å². The van der Waals surface area contributed by atoms with Crippen molar-refractivity contribution in [2.75, 3.05) is 60.5 Å². The van der Waals surface area contributed by atoms with Crippen LogP contribution in [-0.4, -0.2) is 70.3 Å². The number of hydrogen-bond donors (Lipinski definition) is 1. The highest BCUT2D eigenvalue weighted by atomic mass is 16.5. The van der Waals surface area contributed by atoms with Gasteiger partial charge in [0.1, 0.15) is 0 Å². The molecule has 0 rings (SSSR count). The van der Waals surface area contributed by atoms with Gasteiger partial charge in [-0.25, -0.2) is 0 Å². The van der Waals surface area contributed by atoms with Crippen LogP contribution in [0.3, 0.4) is 0 Å². The van der Waals surface area contributed by atoms with Crippen LogP contribution < -0.4 is 5.73 Å². The molecule has 0 amide bonds. The average Bonchev–Trinajstić information content (AvgIpc) is 2.09. The molecule has 0 aromatic heterocycles. The van der Waals surface area contributed by atoms with Crippen LogP contribution in [0.4, 0.5) is 0 Å². The summed E-state index contributed by atoms with van der Waals surface area (Å²) < 4.78 is 5.03. The minimum absolute atomic E-state index is 0.719.